The minimum Gasteiger partial charge on any atom is -0.490 e. The van der Waals surface area contributed by atoms with Crippen molar-refractivity contribution in [3.8, 4) is 11.5 Å². The molecule has 7 nitrogen and oxygen atoms in total. The van der Waals surface area contributed by atoms with E-state index >= 15 is 0 Å². The first-order valence-electron chi connectivity index (χ1n) is 10.6. The van der Waals surface area contributed by atoms with E-state index in [9.17, 15) is 17.6 Å². The van der Waals surface area contributed by atoms with E-state index in [0.717, 1.165) is 16.1 Å². The van der Waals surface area contributed by atoms with Crippen molar-refractivity contribution in [2.24, 2.45) is 0 Å². The minimum atomic E-state index is -3.69. The van der Waals surface area contributed by atoms with Gasteiger partial charge in [-0.1, -0.05) is 18.2 Å². The van der Waals surface area contributed by atoms with Crippen LogP contribution in [-0.4, -0.2) is 40.3 Å². The molecule has 0 aliphatic heterocycles. The van der Waals surface area contributed by atoms with Crippen LogP contribution in [0.2, 0.25) is 0 Å². The van der Waals surface area contributed by atoms with Gasteiger partial charge in [-0.2, -0.15) is 0 Å². The van der Waals surface area contributed by atoms with E-state index in [-0.39, 0.29) is 37.0 Å². The number of hydrogen-bond acceptors (Lipinski definition) is 5. The van der Waals surface area contributed by atoms with Crippen molar-refractivity contribution >= 4 is 21.6 Å². The molecule has 1 unspecified atom stereocenters. The SMILES string of the molecule is CCOc1ccc(C(C)NC(=O)CCCN(c2ccccc2F)S(C)(=O)=O)cc1OCC. The number of carbonyl (C=O) groups excluding carboxylic acids is 1. The lowest BCUT2D eigenvalue weighted by Gasteiger charge is -2.23. The number of halogens is 1. The molecule has 2 aromatic rings. The van der Waals surface area contributed by atoms with Gasteiger partial charge in [0, 0.05) is 13.0 Å². The van der Waals surface area contributed by atoms with Gasteiger partial charge in [-0.3, -0.25) is 9.10 Å². The van der Waals surface area contributed by atoms with E-state index in [1.54, 1.807) is 6.07 Å². The van der Waals surface area contributed by atoms with Crippen LogP contribution in [0.4, 0.5) is 10.1 Å². The molecule has 0 aliphatic rings. The van der Waals surface area contributed by atoms with Gasteiger partial charge >= 0.3 is 0 Å². The lowest BCUT2D eigenvalue weighted by molar-refractivity contribution is -0.121. The Hall–Kier alpha value is -2.81. The zero-order valence-electron chi connectivity index (χ0n) is 18.9. The Bertz CT molecular complexity index is 1010. The van der Waals surface area contributed by atoms with Crippen molar-refractivity contribution in [1.29, 1.82) is 0 Å². The maximum Gasteiger partial charge on any atom is 0.232 e. The second-order valence-corrected chi connectivity index (χ2v) is 9.16. The summed E-state index contributed by atoms with van der Waals surface area (Å²) >= 11 is 0. The Morgan fingerprint density at radius 2 is 1.75 bits per heavy atom. The van der Waals surface area contributed by atoms with Gasteiger partial charge in [-0.15, -0.1) is 0 Å². The molecule has 2 rings (SSSR count). The molecule has 1 atom stereocenters. The highest BCUT2D eigenvalue weighted by Crippen LogP contribution is 2.30. The van der Waals surface area contributed by atoms with Crippen LogP contribution in [0.15, 0.2) is 42.5 Å². The molecule has 0 bridgehead atoms. The summed E-state index contributed by atoms with van der Waals surface area (Å²) < 4.78 is 50.5. The number of carbonyl (C=O) groups is 1. The third-order valence-corrected chi connectivity index (χ3v) is 5.91. The van der Waals surface area contributed by atoms with Crippen molar-refractivity contribution < 1.29 is 27.1 Å². The van der Waals surface area contributed by atoms with Crippen molar-refractivity contribution in [3.05, 3.63) is 53.8 Å². The molecule has 0 saturated heterocycles. The highest BCUT2D eigenvalue weighted by molar-refractivity contribution is 7.92. The summed E-state index contributed by atoms with van der Waals surface area (Å²) in [7, 11) is -3.69. The van der Waals surface area contributed by atoms with Gasteiger partial charge in [0.1, 0.15) is 5.82 Å². The average molecular weight is 467 g/mol. The fourth-order valence-electron chi connectivity index (χ4n) is 3.24. The van der Waals surface area contributed by atoms with E-state index in [0.29, 0.717) is 24.7 Å². The third kappa shape index (κ3) is 7.12. The highest BCUT2D eigenvalue weighted by Gasteiger charge is 2.21. The van der Waals surface area contributed by atoms with E-state index in [2.05, 4.69) is 5.32 Å². The molecule has 9 heteroatoms. The fraction of sp³-hybridized carbons (Fsp3) is 0.435. The molecule has 32 heavy (non-hydrogen) atoms. The molecule has 1 N–H and O–H groups in total. The molecule has 0 heterocycles. The molecule has 1 amide bonds. The van der Waals surface area contributed by atoms with Gasteiger partial charge in [-0.05, 0) is 57.0 Å². The molecule has 0 saturated carbocycles. The summed E-state index contributed by atoms with van der Waals surface area (Å²) in [6, 6.07) is 10.9. The summed E-state index contributed by atoms with van der Waals surface area (Å²) in [5.41, 5.74) is 0.830. The van der Waals surface area contributed by atoms with Crippen LogP contribution >= 0.6 is 0 Å². The lowest BCUT2D eigenvalue weighted by Crippen LogP contribution is -2.33. The molecule has 176 valence electrons. The molecule has 0 aliphatic carbocycles. The van der Waals surface area contributed by atoms with Crippen molar-refractivity contribution in [2.45, 2.75) is 39.7 Å². The molecule has 0 fully saturated rings. The van der Waals surface area contributed by atoms with Crippen LogP contribution in [0.1, 0.15) is 45.2 Å². The highest BCUT2D eigenvalue weighted by atomic mass is 32.2. The lowest BCUT2D eigenvalue weighted by atomic mass is 10.1. The van der Waals surface area contributed by atoms with Crippen molar-refractivity contribution in [3.63, 3.8) is 0 Å². The van der Waals surface area contributed by atoms with Crippen LogP contribution in [0.3, 0.4) is 0 Å². The number of benzene rings is 2. The molecule has 0 radical (unpaired) electrons. The zero-order valence-corrected chi connectivity index (χ0v) is 19.7. The standard InChI is InChI=1S/C23H31FN2O5S/c1-5-30-21-14-13-18(16-22(21)31-6-2)17(3)25-23(27)12-9-15-26(32(4,28)29)20-11-8-7-10-19(20)24/h7-8,10-11,13-14,16-17H,5-6,9,12,15H2,1-4H3,(H,25,27). The Morgan fingerprint density at radius 3 is 2.38 bits per heavy atom. The normalized spacial score (nSPS) is 12.2. The van der Waals surface area contributed by atoms with E-state index < -0.39 is 15.8 Å². The second kappa shape index (κ2) is 11.7. The van der Waals surface area contributed by atoms with Gasteiger partial charge in [0.2, 0.25) is 15.9 Å². The topological polar surface area (TPSA) is 84.9 Å². The molecule has 2 aromatic carbocycles. The maximum atomic E-state index is 14.1. The van der Waals surface area contributed by atoms with Gasteiger partial charge in [0.15, 0.2) is 11.5 Å². The summed E-state index contributed by atoms with van der Waals surface area (Å²) in [4.78, 5) is 12.4. The number of amides is 1. The molecular weight excluding hydrogens is 435 g/mol. The monoisotopic (exact) mass is 466 g/mol. The van der Waals surface area contributed by atoms with Crippen molar-refractivity contribution in [2.75, 3.05) is 30.3 Å². The first kappa shape index (κ1) is 25.5. The second-order valence-electron chi connectivity index (χ2n) is 7.25. The predicted molar refractivity (Wildman–Crippen MR) is 123 cm³/mol. The number of para-hydroxylation sites is 1. The maximum absolute atomic E-state index is 14.1. The molecular formula is C23H31FN2O5S. The van der Waals surface area contributed by atoms with Gasteiger partial charge in [0.25, 0.3) is 0 Å². The van der Waals surface area contributed by atoms with Crippen LogP contribution < -0.4 is 19.1 Å². The summed E-state index contributed by atoms with van der Waals surface area (Å²) in [6.45, 7) is 6.63. The average Bonchev–Trinajstić information content (AvgIpc) is 2.72. The first-order chi connectivity index (χ1) is 15.2. The predicted octanol–water partition coefficient (Wildman–Crippen LogP) is 4.05. The smallest absolute Gasteiger partial charge is 0.232 e. The first-order valence-corrected chi connectivity index (χ1v) is 12.4. The summed E-state index contributed by atoms with van der Waals surface area (Å²) in [5, 5.41) is 2.90. The number of anilines is 1. The van der Waals surface area contributed by atoms with E-state index in [1.807, 2.05) is 39.0 Å². The number of ether oxygens (including phenoxy) is 2. The third-order valence-electron chi connectivity index (χ3n) is 4.73. The number of rotatable bonds is 12. The van der Waals surface area contributed by atoms with Gasteiger partial charge in [-0.25, -0.2) is 12.8 Å². The number of nitrogens with zero attached hydrogens (tertiary/aromatic N) is 1. The number of nitrogens with one attached hydrogen (secondary N) is 1. The van der Waals surface area contributed by atoms with E-state index in [1.165, 1.54) is 18.2 Å². The van der Waals surface area contributed by atoms with Gasteiger partial charge < -0.3 is 14.8 Å². The number of hydrogen-bond donors (Lipinski definition) is 1. The van der Waals surface area contributed by atoms with Crippen LogP contribution in [0.5, 0.6) is 11.5 Å². The van der Waals surface area contributed by atoms with Gasteiger partial charge in [0.05, 0.1) is 31.2 Å². The quantitative estimate of drug-likeness (QED) is 0.510. The minimum absolute atomic E-state index is 0.000884. The summed E-state index contributed by atoms with van der Waals surface area (Å²) in [6.07, 6.45) is 1.36. The van der Waals surface area contributed by atoms with Crippen LogP contribution in [0.25, 0.3) is 0 Å². The molecule has 0 aromatic heterocycles. The fourth-order valence-corrected chi connectivity index (χ4v) is 4.20. The Balaban J connectivity index is 1.98. The molecule has 0 spiro atoms. The van der Waals surface area contributed by atoms with E-state index in [4.69, 9.17) is 9.47 Å². The number of sulfonamides is 1. The van der Waals surface area contributed by atoms with Crippen LogP contribution in [-0.2, 0) is 14.8 Å². The van der Waals surface area contributed by atoms with Crippen LogP contribution in [0, 0.1) is 5.82 Å². The Labute approximate surface area is 189 Å². The summed E-state index contributed by atoms with van der Waals surface area (Å²) in [5.74, 6) is 0.398. The Kier molecular flexibility index (Phi) is 9.31. The zero-order chi connectivity index (χ0) is 23.7. The Morgan fingerprint density at radius 1 is 1.09 bits per heavy atom. The largest absolute Gasteiger partial charge is 0.490 e. The van der Waals surface area contributed by atoms with Crippen molar-refractivity contribution in [1.82, 2.24) is 5.32 Å².